The predicted octanol–water partition coefficient (Wildman–Crippen LogP) is 5.28. The lowest BCUT2D eigenvalue weighted by molar-refractivity contribution is 0.102. The van der Waals surface area contributed by atoms with Gasteiger partial charge in [-0.25, -0.2) is 4.79 Å². The highest BCUT2D eigenvalue weighted by Crippen LogP contribution is 2.51. The highest BCUT2D eigenvalue weighted by molar-refractivity contribution is 6.05. The number of nitrogens with two attached hydrogens (primary N) is 1. The van der Waals surface area contributed by atoms with Crippen LogP contribution in [0.3, 0.4) is 0 Å². The molecule has 4 rings (SSSR count). The number of nitrogens with one attached hydrogen (secondary N) is 2. The molecular weight excluding hydrogens is 402 g/mol. The van der Waals surface area contributed by atoms with Crippen LogP contribution in [0.2, 0.25) is 0 Å². The van der Waals surface area contributed by atoms with Crippen molar-refractivity contribution in [1.82, 2.24) is 0 Å². The molecule has 2 atom stereocenters. The zero-order chi connectivity index (χ0) is 22.6. The van der Waals surface area contributed by atoms with E-state index in [1.807, 2.05) is 48.5 Å². The molecule has 4 N–H and O–H groups in total. The van der Waals surface area contributed by atoms with E-state index in [1.165, 1.54) is 0 Å². The third-order valence-corrected chi connectivity index (χ3v) is 5.91. The summed E-state index contributed by atoms with van der Waals surface area (Å²) in [6, 6.07) is 24.0. The standard InChI is InChI=1S/C26H27N3O3/c1-2-26(27)16-23(26)19-10-6-12-21(14-19)28-24(30)20-11-7-13-22(15-20)29-25(31)32-17-18-8-4-3-5-9-18/h3-15,23H,2,16-17,27H2,1H3,(H,28,30)(H,29,31)/t23-,26-/m0/s1. The number of carbonyl (C=O) groups is 2. The summed E-state index contributed by atoms with van der Waals surface area (Å²) in [7, 11) is 0. The Hall–Kier alpha value is -3.64. The van der Waals surface area contributed by atoms with Crippen LogP contribution in [0, 0.1) is 0 Å². The van der Waals surface area contributed by atoms with Gasteiger partial charge in [0.25, 0.3) is 5.91 Å². The largest absolute Gasteiger partial charge is 0.444 e. The maximum Gasteiger partial charge on any atom is 0.411 e. The number of carbonyl (C=O) groups excluding carboxylic acids is 2. The van der Waals surface area contributed by atoms with Gasteiger partial charge in [-0.05, 0) is 54.3 Å². The van der Waals surface area contributed by atoms with E-state index in [-0.39, 0.29) is 18.1 Å². The van der Waals surface area contributed by atoms with Crippen molar-refractivity contribution in [3.63, 3.8) is 0 Å². The summed E-state index contributed by atoms with van der Waals surface area (Å²) >= 11 is 0. The van der Waals surface area contributed by atoms with Crippen molar-refractivity contribution in [2.45, 2.75) is 37.8 Å². The fourth-order valence-corrected chi connectivity index (χ4v) is 3.81. The van der Waals surface area contributed by atoms with Crippen LogP contribution in [-0.4, -0.2) is 17.5 Å². The molecule has 0 spiro atoms. The molecule has 0 aromatic heterocycles. The van der Waals surface area contributed by atoms with E-state index < -0.39 is 6.09 Å². The van der Waals surface area contributed by atoms with E-state index in [4.69, 9.17) is 10.5 Å². The minimum atomic E-state index is -0.579. The minimum Gasteiger partial charge on any atom is -0.444 e. The van der Waals surface area contributed by atoms with E-state index >= 15 is 0 Å². The summed E-state index contributed by atoms with van der Waals surface area (Å²) < 4.78 is 5.23. The Balaban J connectivity index is 1.36. The van der Waals surface area contributed by atoms with Gasteiger partial charge in [-0.1, -0.05) is 55.5 Å². The normalized spacial score (nSPS) is 19.1. The predicted molar refractivity (Wildman–Crippen MR) is 126 cm³/mol. The molecule has 2 amide bonds. The fourth-order valence-electron chi connectivity index (χ4n) is 3.81. The van der Waals surface area contributed by atoms with Gasteiger partial charge in [-0.15, -0.1) is 0 Å². The molecule has 0 aliphatic heterocycles. The van der Waals surface area contributed by atoms with E-state index in [9.17, 15) is 9.59 Å². The minimum absolute atomic E-state index is 0.127. The van der Waals surface area contributed by atoms with Crippen LogP contribution in [0.1, 0.15) is 47.2 Å². The van der Waals surface area contributed by atoms with Crippen molar-refractivity contribution in [3.05, 3.63) is 95.6 Å². The molecule has 6 nitrogen and oxygen atoms in total. The van der Waals surface area contributed by atoms with Crippen LogP contribution in [0.5, 0.6) is 0 Å². The molecule has 0 bridgehead atoms. The molecule has 0 heterocycles. The molecule has 164 valence electrons. The summed E-state index contributed by atoms with van der Waals surface area (Å²) in [4.78, 5) is 24.9. The summed E-state index contributed by atoms with van der Waals surface area (Å²) in [6.45, 7) is 2.27. The topological polar surface area (TPSA) is 93.5 Å². The lowest BCUT2D eigenvalue weighted by atomic mass is 10.0. The van der Waals surface area contributed by atoms with E-state index in [1.54, 1.807) is 24.3 Å². The number of amides is 2. The Morgan fingerprint density at radius 1 is 0.969 bits per heavy atom. The monoisotopic (exact) mass is 429 g/mol. The van der Waals surface area contributed by atoms with Gasteiger partial charge in [0, 0.05) is 28.4 Å². The van der Waals surface area contributed by atoms with E-state index in [2.05, 4.69) is 23.6 Å². The second-order valence-corrected chi connectivity index (χ2v) is 8.19. The maximum absolute atomic E-state index is 12.8. The van der Waals surface area contributed by atoms with E-state index in [0.717, 1.165) is 29.7 Å². The van der Waals surface area contributed by atoms with Gasteiger partial charge >= 0.3 is 6.09 Å². The van der Waals surface area contributed by atoms with Crippen molar-refractivity contribution in [2.24, 2.45) is 5.73 Å². The summed E-state index contributed by atoms with van der Waals surface area (Å²) in [5, 5.41) is 5.59. The van der Waals surface area contributed by atoms with Gasteiger partial charge < -0.3 is 15.8 Å². The number of anilines is 2. The maximum atomic E-state index is 12.8. The third-order valence-electron chi connectivity index (χ3n) is 5.91. The number of hydrogen-bond acceptors (Lipinski definition) is 4. The molecule has 1 saturated carbocycles. The van der Waals surface area contributed by atoms with Crippen LogP contribution in [-0.2, 0) is 11.3 Å². The Kier molecular flexibility index (Phi) is 6.23. The van der Waals surface area contributed by atoms with Crippen LogP contribution >= 0.6 is 0 Å². The van der Waals surface area contributed by atoms with Gasteiger partial charge in [0.05, 0.1) is 0 Å². The van der Waals surface area contributed by atoms with Crippen molar-refractivity contribution in [3.8, 4) is 0 Å². The third kappa shape index (κ3) is 5.15. The highest BCUT2D eigenvalue weighted by atomic mass is 16.5. The summed E-state index contributed by atoms with van der Waals surface area (Å²) in [6.07, 6.45) is 1.32. The quantitative estimate of drug-likeness (QED) is 0.476. The van der Waals surface area contributed by atoms with Crippen molar-refractivity contribution in [2.75, 3.05) is 10.6 Å². The Morgan fingerprint density at radius 3 is 2.41 bits per heavy atom. The van der Waals surface area contributed by atoms with Gasteiger partial charge in [0.15, 0.2) is 0 Å². The van der Waals surface area contributed by atoms with Gasteiger partial charge in [-0.2, -0.15) is 0 Å². The van der Waals surface area contributed by atoms with Crippen LogP contribution < -0.4 is 16.4 Å². The van der Waals surface area contributed by atoms with Crippen LogP contribution in [0.25, 0.3) is 0 Å². The molecule has 1 fully saturated rings. The lowest BCUT2D eigenvalue weighted by Gasteiger charge is -2.11. The molecule has 0 unspecified atom stereocenters. The van der Waals surface area contributed by atoms with Gasteiger partial charge in [0.1, 0.15) is 6.61 Å². The van der Waals surface area contributed by atoms with Gasteiger partial charge in [0.2, 0.25) is 0 Å². The van der Waals surface area contributed by atoms with E-state index in [0.29, 0.717) is 17.2 Å². The first-order chi connectivity index (χ1) is 15.5. The summed E-state index contributed by atoms with van der Waals surface area (Å²) in [5.74, 6) is 0.0764. The number of benzene rings is 3. The van der Waals surface area contributed by atoms with Crippen LogP contribution in [0.4, 0.5) is 16.2 Å². The second kappa shape index (κ2) is 9.24. The molecule has 32 heavy (non-hydrogen) atoms. The average Bonchev–Trinajstić information content (AvgIpc) is 3.51. The Morgan fingerprint density at radius 2 is 1.69 bits per heavy atom. The van der Waals surface area contributed by atoms with Crippen LogP contribution in [0.15, 0.2) is 78.9 Å². The first-order valence-electron chi connectivity index (χ1n) is 10.7. The zero-order valence-corrected chi connectivity index (χ0v) is 18.0. The lowest BCUT2D eigenvalue weighted by Crippen LogP contribution is -2.22. The molecule has 0 saturated heterocycles. The SMILES string of the molecule is CC[C@]1(N)C[C@H]1c1cccc(NC(=O)c2cccc(NC(=O)OCc3ccccc3)c2)c1. The number of rotatable bonds is 7. The molecule has 3 aromatic carbocycles. The van der Waals surface area contributed by atoms with Gasteiger partial charge in [-0.3, -0.25) is 10.1 Å². The second-order valence-electron chi connectivity index (χ2n) is 8.19. The Bertz CT molecular complexity index is 1120. The fraction of sp³-hybridized carbons (Fsp3) is 0.231. The highest BCUT2D eigenvalue weighted by Gasteiger charge is 2.50. The van der Waals surface area contributed by atoms with Crippen molar-refractivity contribution >= 4 is 23.4 Å². The van der Waals surface area contributed by atoms with Crippen molar-refractivity contribution in [1.29, 1.82) is 0 Å². The average molecular weight is 430 g/mol. The molecular formula is C26H27N3O3. The first-order valence-corrected chi connectivity index (χ1v) is 10.7. The molecule has 1 aliphatic carbocycles. The molecule has 1 aliphatic rings. The molecule has 6 heteroatoms. The molecule has 3 aromatic rings. The first kappa shape index (κ1) is 21.6. The summed E-state index contributed by atoms with van der Waals surface area (Å²) in [5.41, 5.74) is 9.90. The Labute approximate surface area is 187 Å². The van der Waals surface area contributed by atoms with Crippen molar-refractivity contribution < 1.29 is 14.3 Å². The zero-order valence-electron chi connectivity index (χ0n) is 18.0. The number of ether oxygens (including phenoxy) is 1. The number of hydrogen-bond donors (Lipinski definition) is 3. The smallest absolute Gasteiger partial charge is 0.411 e. The molecule has 0 radical (unpaired) electrons.